The van der Waals surface area contributed by atoms with Gasteiger partial charge in [0.25, 0.3) is 0 Å². The van der Waals surface area contributed by atoms with Crippen LogP contribution in [0.1, 0.15) is 12.5 Å². The van der Waals surface area contributed by atoms with Gasteiger partial charge in [-0.15, -0.1) is 0 Å². The van der Waals surface area contributed by atoms with Crippen LogP contribution in [0.4, 0.5) is 5.69 Å². The molecule has 0 aliphatic carbocycles. The highest BCUT2D eigenvalue weighted by Crippen LogP contribution is 2.35. The van der Waals surface area contributed by atoms with Crippen molar-refractivity contribution in [2.75, 3.05) is 11.9 Å². The average Bonchev–Trinajstić information content (AvgIpc) is 2.42. The van der Waals surface area contributed by atoms with E-state index in [1.807, 2.05) is 43.3 Å². The lowest BCUT2D eigenvalue weighted by molar-refractivity contribution is 0.336. The third-order valence-electron chi connectivity index (χ3n) is 2.70. The minimum absolute atomic E-state index is 0.633. The molecule has 0 aliphatic rings. The first-order valence-corrected chi connectivity index (χ1v) is 8.17. The second-order valence-corrected chi connectivity index (χ2v) is 6.27. The maximum atomic E-state index is 6.12. The number of ether oxygens (including phenoxy) is 1. The SMILES string of the molecule is CCOc1c(Br)cc(CNc2ccccc2Cl)cc1Br. The summed E-state index contributed by atoms with van der Waals surface area (Å²) in [5, 5.41) is 4.04. The quantitative estimate of drug-likeness (QED) is 0.654. The summed E-state index contributed by atoms with van der Waals surface area (Å²) in [6.45, 7) is 3.29. The van der Waals surface area contributed by atoms with E-state index in [1.54, 1.807) is 0 Å². The minimum Gasteiger partial charge on any atom is -0.492 e. The van der Waals surface area contributed by atoms with Crippen LogP contribution < -0.4 is 10.1 Å². The Balaban J connectivity index is 2.13. The molecule has 0 amide bonds. The first-order valence-electron chi connectivity index (χ1n) is 6.21. The summed E-state index contributed by atoms with van der Waals surface area (Å²) in [7, 11) is 0. The monoisotopic (exact) mass is 417 g/mol. The lowest BCUT2D eigenvalue weighted by Gasteiger charge is -2.12. The highest BCUT2D eigenvalue weighted by Gasteiger charge is 2.08. The topological polar surface area (TPSA) is 21.3 Å². The van der Waals surface area contributed by atoms with Gasteiger partial charge in [0.1, 0.15) is 5.75 Å². The van der Waals surface area contributed by atoms with Crippen molar-refractivity contribution in [1.82, 2.24) is 0 Å². The molecule has 0 bridgehead atoms. The van der Waals surface area contributed by atoms with E-state index in [2.05, 4.69) is 37.2 Å². The summed E-state index contributed by atoms with van der Waals surface area (Å²) in [6, 6.07) is 11.8. The van der Waals surface area contributed by atoms with Crippen molar-refractivity contribution in [3.05, 3.63) is 55.9 Å². The lowest BCUT2D eigenvalue weighted by Crippen LogP contribution is -2.01. The van der Waals surface area contributed by atoms with Crippen molar-refractivity contribution in [1.29, 1.82) is 0 Å². The molecule has 1 N–H and O–H groups in total. The van der Waals surface area contributed by atoms with E-state index in [0.29, 0.717) is 13.2 Å². The maximum absolute atomic E-state index is 6.12. The van der Waals surface area contributed by atoms with Gasteiger partial charge in [0, 0.05) is 6.54 Å². The van der Waals surface area contributed by atoms with Crippen molar-refractivity contribution in [3.63, 3.8) is 0 Å². The molecule has 0 aromatic heterocycles. The van der Waals surface area contributed by atoms with Crippen molar-refractivity contribution in [3.8, 4) is 5.75 Å². The summed E-state index contributed by atoms with van der Waals surface area (Å²) in [4.78, 5) is 0. The average molecular weight is 420 g/mol. The fourth-order valence-electron chi connectivity index (χ4n) is 1.80. The van der Waals surface area contributed by atoms with Gasteiger partial charge in [-0.3, -0.25) is 0 Å². The van der Waals surface area contributed by atoms with E-state index in [9.17, 15) is 0 Å². The van der Waals surface area contributed by atoms with Crippen molar-refractivity contribution in [2.24, 2.45) is 0 Å². The van der Waals surface area contributed by atoms with Crippen LogP contribution in [0.25, 0.3) is 0 Å². The minimum atomic E-state index is 0.633. The Morgan fingerprint density at radius 3 is 2.40 bits per heavy atom. The van der Waals surface area contributed by atoms with Gasteiger partial charge in [0.2, 0.25) is 0 Å². The van der Waals surface area contributed by atoms with Crippen LogP contribution in [0.3, 0.4) is 0 Å². The Morgan fingerprint density at radius 2 is 1.80 bits per heavy atom. The number of nitrogens with one attached hydrogen (secondary N) is 1. The first-order chi connectivity index (χ1) is 9.61. The van der Waals surface area contributed by atoms with Crippen LogP contribution in [0.2, 0.25) is 5.02 Å². The molecule has 2 nitrogen and oxygen atoms in total. The molecule has 0 radical (unpaired) electrons. The van der Waals surface area contributed by atoms with Crippen molar-refractivity contribution in [2.45, 2.75) is 13.5 Å². The molecule has 5 heteroatoms. The summed E-state index contributed by atoms with van der Waals surface area (Å²) >= 11 is 13.2. The lowest BCUT2D eigenvalue weighted by atomic mass is 10.2. The summed E-state index contributed by atoms with van der Waals surface area (Å²) < 4.78 is 7.44. The molecule has 2 rings (SSSR count). The third-order valence-corrected chi connectivity index (χ3v) is 4.21. The van der Waals surface area contributed by atoms with E-state index in [0.717, 1.165) is 31.0 Å². The Kier molecular flexibility index (Phi) is 5.75. The highest BCUT2D eigenvalue weighted by atomic mass is 79.9. The smallest absolute Gasteiger partial charge is 0.147 e. The van der Waals surface area contributed by atoms with E-state index in [-0.39, 0.29) is 0 Å². The van der Waals surface area contributed by atoms with Crippen LogP contribution in [0.15, 0.2) is 45.3 Å². The first kappa shape index (κ1) is 15.7. The second-order valence-electron chi connectivity index (χ2n) is 4.16. The van der Waals surface area contributed by atoms with Crippen LogP contribution in [0, 0.1) is 0 Å². The molecular formula is C15H14Br2ClNO. The van der Waals surface area contributed by atoms with Gasteiger partial charge in [-0.2, -0.15) is 0 Å². The van der Waals surface area contributed by atoms with Gasteiger partial charge < -0.3 is 10.1 Å². The largest absolute Gasteiger partial charge is 0.492 e. The Bertz CT molecular complexity index is 581. The number of halogens is 3. The van der Waals surface area contributed by atoms with Crippen LogP contribution in [-0.4, -0.2) is 6.61 Å². The molecule has 0 saturated heterocycles. The normalized spacial score (nSPS) is 10.4. The van der Waals surface area contributed by atoms with Crippen LogP contribution >= 0.6 is 43.5 Å². The van der Waals surface area contributed by atoms with Gasteiger partial charge in [-0.25, -0.2) is 0 Å². The molecule has 0 unspecified atom stereocenters. The van der Waals surface area contributed by atoms with Crippen LogP contribution in [-0.2, 0) is 6.54 Å². The molecule has 2 aromatic rings. The Labute approximate surface area is 140 Å². The number of rotatable bonds is 5. The molecule has 0 saturated carbocycles. The zero-order chi connectivity index (χ0) is 14.5. The van der Waals surface area contributed by atoms with E-state index >= 15 is 0 Å². The zero-order valence-electron chi connectivity index (χ0n) is 10.9. The van der Waals surface area contributed by atoms with Gasteiger partial charge in [0.05, 0.1) is 26.3 Å². The molecule has 0 spiro atoms. The van der Waals surface area contributed by atoms with Gasteiger partial charge in [-0.1, -0.05) is 23.7 Å². The summed E-state index contributed by atoms with van der Waals surface area (Å²) in [6.07, 6.45) is 0. The predicted molar refractivity (Wildman–Crippen MR) is 91.8 cm³/mol. The van der Waals surface area contributed by atoms with Crippen molar-refractivity contribution >= 4 is 49.1 Å². The Hall–Kier alpha value is -0.710. The third kappa shape index (κ3) is 3.90. The number of para-hydroxylation sites is 1. The molecule has 2 aromatic carbocycles. The fourth-order valence-corrected chi connectivity index (χ4v) is 3.51. The van der Waals surface area contributed by atoms with Gasteiger partial charge in [0.15, 0.2) is 0 Å². The summed E-state index contributed by atoms with van der Waals surface area (Å²) in [5.41, 5.74) is 2.06. The molecule has 0 heterocycles. The fraction of sp³-hybridized carbons (Fsp3) is 0.200. The molecule has 0 atom stereocenters. The van der Waals surface area contributed by atoms with Crippen LogP contribution in [0.5, 0.6) is 5.75 Å². The van der Waals surface area contributed by atoms with E-state index < -0.39 is 0 Å². The number of hydrogen-bond acceptors (Lipinski definition) is 2. The molecule has 0 aliphatic heterocycles. The number of hydrogen-bond donors (Lipinski definition) is 1. The van der Waals surface area contributed by atoms with Crippen molar-refractivity contribution < 1.29 is 4.74 Å². The highest BCUT2D eigenvalue weighted by molar-refractivity contribution is 9.11. The standard InChI is InChI=1S/C15H14Br2ClNO/c1-2-20-15-11(16)7-10(8-12(15)17)9-19-14-6-4-3-5-13(14)18/h3-8,19H,2,9H2,1H3. The number of benzene rings is 2. The maximum Gasteiger partial charge on any atom is 0.147 e. The Morgan fingerprint density at radius 1 is 1.15 bits per heavy atom. The molecule has 0 fully saturated rings. The molecular weight excluding hydrogens is 405 g/mol. The predicted octanol–water partition coefficient (Wildman–Crippen LogP) is 5.88. The van der Waals surface area contributed by atoms with Gasteiger partial charge >= 0.3 is 0 Å². The van der Waals surface area contributed by atoms with Gasteiger partial charge in [-0.05, 0) is 68.6 Å². The summed E-state index contributed by atoms with van der Waals surface area (Å²) in [5.74, 6) is 0.828. The zero-order valence-corrected chi connectivity index (χ0v) is 14.8. The van der Waals surface area contributed by atoms with E-state index in [1.165, 1.54) is 0 Å². The molecule has 20 heavy (non-hydrogen) atoms. The molecule has 106 valence electrons. The number of anilines is 1. The second kappa shape index (κ2) is 7.34. The van der Waals surface area contributed by atoms with E-state index in [4.69, 9.17) is 16.3 Å².